The molecule has 0 aromatic heterocycles. The summed E-state index contributed by atoms with van der Waals surface area (Å²) in [6.45, 7) is 7.77. The summed E-state index contributed by atoms with van der Waals surface area (Å²) in [4.78, 5) is 14.2. The van der Waals surface area contributed by atoms with Gasteiger partial charge in [0, 0.05) is 32.6 Å². The fourth-order valence-corrected chi connectivity index (χ4v) is 2.81. The zero-order valence-corrected chi connectivity index (χ0v) is 13.3. The van der Waals surface area contributed by atoms with Crippen molar-refractivity contribution in [3.8, 4) is 5.75 Å². The highest BCUT2D eigenvalue weighted by atomic mass is 16.5. The van der Waals surface area contributed by atoms with E-state index in [1.807, 2.05) is 11.0 Å². The van der Waals surface area contributed by atoms with Crippen molar-refractivity contribution in [1.82, 2.24) is 10.2 Å². The van der Waals surface area contributed by atoms with Crippen LogP contribution >= 0.6 is 0 Å². The second kappa shape index (κ2) is 7.46. The maximum absolute atomic E-state index is 12.3. The highest BCUT2D eigenvalue weighted by Crippen LogP contribution is 2.21. The van der Waals surface area contributed by atoms with E-state index in [0.29, 0.717) is 12.3 Å². The number of carbonyl (C=O) groups is 1. The van der Waals surface area contributed by atoms with Crippen LogP contribution in [0.5, 0.6) is 5.75 Å². The lowest BCUT2D eigenvalue weighted by Crippen LogP contribution is -2.46. The van der Waals surface area contributed by atoms with Crippen LogP contribution in [0.1, 0.15) is 24.5 Å². The second-order valence-electron chi connectivity index (χ2n) is 5.94. The zero-order valence-electron chi connectivity index (χ0n) is 13.3. The van der Waals surface area contributed by atoms with Crippen LogP contribution in [0.4, 0.5) is 0 Å². The van der Waals surface area contributed by atoms with Crippen molar-refractivity contribution in [2.24, 2.45) is 5.92 Å². The molecule has 1 amide bonds. The molecule has 1 heterocycles. The number of hydrogen-bond acceptors (Lipinski definition) is 3. The maximum Gasteiger partial charge on any atom is 0.222 e. The Kier molecular flexibility index (Phi) is 5.62. The minimum atomic E-state index is 0.287. The smallest absolute Gasteiger partial charge is 0.222 e. The molecule has 4 nitrogen and oxygen atoms in total. The quantitative estimate of drug-likeness (QED) is 0.902. The van der Waals surface area contributed by atoms with Gasteiger partial charge in [0.2, 0.25) is 5.91 Å². The molecule has 1 N–H and O–H groups in total. The van der Waals surface area contributed by atoms with Gasteiger partial charge in [-0.25, -0.2) is 0 Å². The molecule has 1 saturated heterocycles. The maximum atomic E-state index is 12.3. The van der Waals surface area contributed by atoms with Crippen LogP contribution in [0.25, 0.3) is 0 Å². The predicted octanol–water partition coefficient (Wildman–Crippen LogP) is 2.00. The number of amides is 1. The molecule has 1 aromatic rings. The fourth-order valence-electron chi connectivity index (χ4n) is 2.81. The van der Waals surface area contributed by atoms with Gasteiger partial charge in [-0.05, 0) is 42.5 Å². The molecule has 0 aliphatic carbocycles. The average molecular weight is 290 g/mol. The number of aryl methyl sites for hydroxylation is 1. The Hall–Kier alpha value is -1.55. The molecule has 1 aliphatic rings. The lowest BCUT2D eigenvalue weighted by Gasteiger charge is -2.28. The van der Waals surface area contributed by atoms with Gasteiger partial charge < -0.3 is 15.0 Å². The van der Waals surface area contributed by atoms with Gasteiger partial charge in [0.1, 0.15) is 5.75 Å². The molecular formula is C17H26N2O2. The number of benzene rings is 1. The SMILES string of the molecule is COc1ccc(CC(C)CC(=O)N2CCNCC2)c(C)c1. The molecule has 0 saturated carbocycles. The summed E-state index contributed by atoms with van der Waals surface area (Å²) in [7, 11) is 1.68. The van der Waals surface area contributed by atoms with E-state index in [0.717, 1.165) is 38.3 Å². The van der Waals surface area contributed by atoms with Crippen molar-refractivity contribution in [3.63, 3.8) is 0 Å². The average Bonchev–Trinajstić information content (AvgIpc) is 2.50. The summed E-state index contributed by atoms with van der Waals surface area (Å²) in [5.41, 5.74) is 2.53. The minimum Gasteiger partial charge on any atom is -0.497 e. The van der Waals surface area contributed by atoms with Crippen LogP contribution < -0.4 is 10.1 Å². The normalized spacial score (nSPS) is 16.6. The van der Waals surface area contributed by atoms with E-state index in [1.165, 1.54) is 11.1 Å². The Morgan fingerprint density at radius 3 is 2.71 bits per heavy atom. The second-order valence-corrected chi connectivity index (χ2v) is 5.94. The van der Waals surface area contributed by atoms with Crippen molar-refractivity contribution in [2.75, 3.05) is 33.3 Å². The Morgan fingerprint density at radius 1 is 1.38 bits per heavy atom. The van der Waals surface area contributed by atoms with E-state index >= 15 is 0 Å². The lowest BCUT2D eigenvalue weighted by molar-refractivity contribution is -0.132. The van der Waals surface area contributed by atoms with Crippen LogP contribution in [0.3, 0.4) is 0 Å². The molecular weight excluding hydrogens is 264 g/mol. The van der Waals surface area contributed by atoms with Crippen molar-refractivity contribution < 1.29 is 9.53 Å². The number of piperazine rings is 1. The summed E-state index contributed by atoms with van der Waals surface area (Å²) >= 11 is 0. The van der Waals surface area contributed by atoms with E-state index in [4.69, 9.17) is 4.74 Å². The molecule has 21 heavy (non-hydrogen) atoms. The van der Waals surface area contributed by atoms with Crippen molar-refractivity contribution >= 4 is 5.91 Å². The molecule has 0 bridgehead atoms. The van der Waals surface area contributed by atoms with Gasteiger partial charge in [-0.3, -0.25) is 4.79 Å². The highest BCUT2D eigenvalue weighted by Gasteiger charge is 2.19. The molecule has 2 rings (SSSR count). The molecule has 1 aliphatic heterocycles. The van der Waals surface area contributed by atoms with Crippen LogP contribution in [0.2, 0.25) is 0 Å². The Morgan fingerprint density at radius 2 is 2.10 bits per heavy atom. The number of rotatable bonds is 5. The Bertz CT molecular complexity index is 482. The summed E-state index contributed by atoms with van der Waals surface area (Å²) in [5.74, 6) is 1.54. The standard InChI is InChI=1S/C17H26N2O2/c1-13(11-17(20)19-8-6-18-7-9-19)10-15-4-5-16(21-3)12-14(15)2/h4-5,12-13,18H,6-11H2,1-3H3. The fraction of sp³-hybridized carbons (Fsp3) is 0.588. The molecule has 4 heteroatoms. The van der Waals surface area contributed by atoms with Crippen LogP contribution in [-0.2, 0) is 11.2 Å². The van der Waals surface area contributed by atoms with E-state index in [-0.39, 0.29) is 5.91 Å². The predicted molar refractivity (Wildman–Crippen MR) is 84.7 cm³/mol. The number of ether oxygens (including phenoxy) is 1. The third-order valence-corrected chi connectivity index (χ3v) is 4.11. The first-order valence-corrected chi connectivity index (χ1v) is 7.72. The topological polar surface area (TPSA) is 41.6 Å². The van der Waals surface area contributed by atoms with E-state index < -0.39 is 0 Å². The van der Waals surface area contributed by atoms with Crippen molar-refractivity contribution in [1.29, 1.82) is 0 Å². The molecule has 1 aromatic carbocycles. The number of nitrogens with zero attached hydrogens (tertiary/aromatic N) is 1. The number of nitrogens with one attached hydrogen (secondary N) is 1. The number of carbonyl (C=O) groups excluding carboxylic acids is 1. The molecule has 116 valence electrons. The van der Waals surface area contributed by atoms with Crippen LogP contribution in [0.15, 0.2) is 18.2 Å². The van der Waals surface area contributed by atoms with Gasteiger partial charge in [0.25, 0.3) is 0 Å². The van der Waals surface area contributed by atoms with Crippen LogP contribution in [-0.4, -0.2) is 44.1 Å². The zero-order chi connectivity index (χ0) is 15.2. The van der Waals surface area contributed by atoms with Gasteiger partial charge in [-0.15, -0.1) is 0 Å². The van der Waals surface area contributed by atoms with Crippen molar-refractivity contribution in [3.05, 3.63) is 29.3 Å². The summed E-state index contributed by atoms with van der Waals surface area (Å²) in [6.07, 6.45) is 1.57. The number of methoxy groups -OCH3 is 1. The van der Waals surface area contributed by atoms with Gasteiger partial charge in [-0.2, -0.15) is 0 Å². The summed E-state index contributed by atoms with van der Waals surface area (Å²) < 4.78 is 5.23. The monoisotopic (exact) mass is 290 g/mol. The third-order valence-electron chi connectivity index (χ3n) is 4.11. The van der Waals surface area contributed by atoms with E-state index in [1.54, 1.807) is 7.11 Å². The van der Waals surface area contributed by atoms with E-state index in [2.05, 4.69) is 31.3 Å². The summed E-state index contributed by atoms with van der Waals surface area (Å²) in [5, 5.41) is 3.28. The first-order chi connectivity index (χ1) is 10.1. The lowest BCUT2D eigenvalue weighted by atomic mass is 9.94. The molecule has 1 fully saturated rings. The highest BCUT2D eigenvalue weighted by molar-refractivity contribution is 5.76. The van der Waals surface area contributed by atoms with E-state index in [9.17, 15) is 4.79 Å². The Labute approximate surface area is 127 Å². The largest absolute Gasteiger partial charge is 0.497 e. The first kappa shape index (κ1) is 15.8. The Balaban J connectivity index is 1.88. The van der Waals surface area contributed by atoms with Crippen LogP contribution in [0, 0.1) is 12.8 Å². The molecule has 1 unspecified atom stereocenters. The van der Waals surface area contributed by atoms with Gasteiger partial charge in [0.05, 0.1) is 7.11 Å². The van der Waals surface area contributed by atoms with Gasteiger partial charge in [-0.1, -0.05) is 13.0 Å². The molecule has 1 atom stereocenters. The number of hydrogen-bond donors (Lipinski definition) is 1. The van der Waals surface area contributed by atoms with Crippen molar-refractivity contribution in [2.45, 2.75) is 26.7 Å². The third kappa shape index (κ3) is 4.46. The summed E-state index contributed by atoms with van der Waals surface area (Å²) in [6, 6.07) is 6.16. The van der Waals surface area contributed by atoms with Gasteiger partial charge >= 0.3 is 0 Å². The minimum absolute atomic E-state index is 0.287. The molecule has 0 spiro atoms. The first-order valence-electron chi connectivity index (χ1n) is 7.72. The molecule has 0 radical (unpaired) electrons. The van der Waals surface area contributed by atoms with Gasteiger partial charge in [0.15, 0.2) is 0 Å².